The first-order chi connectivity index (χ1) is 63.8. The molecule has 762 valence electrons. The molecule has 1 saturated heterocycles. The van der Waals surface area contributed by atoms with Crippen LogP contribution in [0.4, 0.5) is 8.78 Å². The Bertz CT molecular complexity index is 6710. The summed E-state index contributed by atoms with van der Waals surface area (Å²) in [6.07, 6.45) is 2.26. The quantitative estimate of drug-likeness (QED) is 0.164. The Morgan fingerprint density at radius 1 is 0.329 bits per heavy atom. The van der Waals surface area contributed by atoms with Crippen LogP contribution in [0.2, 0.25) is 0 Å². The van der Waals surface area contributed by atoms with E-state index in [1.807, 2.05) is 27.5 Å². The lowest BCUT2D eigenvalue weighted by Gasteiger charge is -2.33. The van der Waals surface area contributed by atoms with E-state index in [4.69, 9.17) is 9.47 Å². The van der Waals surface area contributed by atoms with Crippen molar-refractivity contribution in [1.29, 1.82) is 0 Å². The molecular weight excluding hydrogens is 1730 g/mol. The fourth-order valence-electron chi connectivity index (χ4n) is 18.8. The van der Waals surface area contributed by atoms with Crippen molar-refractivity contribution in [3.8, 4) is 0 Å². The molecule has 2 fully saturated rings. The van der Waals surface area contributed by atoms with Crippen LogP contribution in [0.15, 0.2) is 176 Å². The van der Waals surface area contributed by atoms with Gasteiger partial charge in [-0.05, 0) is 202 Å². The monoisotopic (exact) mass is 1910 g/mol. The SMILES string of the molecule is C=Cn1c(C(C)(C)C)cc2ccc(C(C)(C)C)cc21.CC(=O)n1c(C(C)(C)C)cc2ccc(C(C)(C)C)cc21.CC(C)(C)c1ccc2cc(C(C)(C)C)n(C3CC3)c2c1.CC(C)(C)c1ccc2cc(C(C)(C)C)n(C3COC3)c2c1.CC(C)(C)c1ccc2cc(C(C)(C)C)n(CC(F)F)c2c1.CC(C)(C)c1ccc2cc(C(C)(C)C)n(CO)c2c1.COCn1c(C(C)(C)C)cc2ccc(C(C)(C)C)cc21. The van der Waals surface area contributed by atoms with E-state index >= 15 is 0 Å². The molecule has 11 nitrogen and oxygen atoms in total. The van der Waals surface area contributed by atoms with Crippen LogP contribution in [0.25, 0.3) is 82.5 Å². The topological polar surface area (TPSA) is 90.3 Å². The van der Waals surface area contributed by atoms with Crippen molar-refractivity contribution in [2.75, 3.05) is 20.3 Å². The minimum atomic E-state index is -2.35. The summed E-state index contributed by atoms with van der Waals surface area (Å²) in [6.45, 7) is 101. The summed E-state index contributed by atoms with van der Waals surface area (Å²) < 4.78 is 52.2. The molecule has 1 N–H and O–H groups in total. The van der Waals surface area contributed by atoms with Crippen LogP contribution in [0.5, 0.6) is 0 Å². The zero-order valence-corrected chi connectivity index (χ0v) is 95.2. The number of carbonyl (C=O) groups is 1. The molecule has 8 heterocycles. The van der Waals surface area contributed by atoms with Crippen LogP contribution in [0.3, 0.4) is 0 Å². The summed E-state index contributed by atoms with van der Waals surface area (Å²) in [5, 5.41) is 18.4. The molecule has 1 saturated carbocycles. The molecule has 0 spiro atoms. The van der Waals surface area contributed by atoms with Gasteiger partial charge < -0.3 is 42.0 Å². The highest BCUT2D eigenvalue weighted by Gasteiger charge is 2.36. The maximum Gasteiger partial charge on any atom is 0.256 e. The number of ether oxygens (including phenoxy) is 2. The summed E-state index contributed by atoms with van der Waals surface area (Å²) in [6, 6.07) is 63.7. The number of aliphatic hydroxyl groups is 1. The van der Waals surface area contributed by atoms with E-state index in [1.165, 1.54) is 129 Å². The molecular formula is C127H181F2N7O4. The van der Waals surface area contributed by atoms with Crippen LogP contribution in [-0.4, -0.2) is 69.7 Å². The zero-order chi connectivity index (χ0) is 105. The highest BCUT2D eigenvalue weighted by Crippen LogP contribution is 2.46. The van der Waals surface area contributed by atoms with E-state index in [9.17, 15) is 18.7 Å². The number of nitrogens with zero attached hydrogens (tertiary/aromatic N) is 7. The molecule has 0 atom stereocenters. The lowest BCUT2D eigenvalue weighted by atomic mass is 9.86. The van der Waals surface area contributed by atoms with Crippen molar-refractivity contribution >= 4 is 88.4 Å². The molecule has 1 aliphatic heterocycles. The van der Waals surface area contributed by atoms with Gasteiger partial charge in [0.2, 0.25) is 5.91 Å². The van der Waals surface area contributed by atoms with Gasteiger partial charge in [0.15, 0.2) is 0 Å². The molecule has 14 aromatic rings. The second-order valence-corrected chi connectivity index (χ2v) is 54.6. The summed E-state index contributed by atoms with van der Waals surface area (Å²) in [5.74, 6) is 0.0796. The maximum atomic E-state index is 13.0. The largest absolute Gasteiger partial charge is 0.377 e. The molecule has 13 heteroatoms. The molecule has 1 aliphatic carbocycles. The minimum Gasteiger partial charge on any atom is -0.377 e. The number of halogens is 2. The number of hydrogen-bond donors (Lipinski definition) is 1. The summed E-state index contributed by atoms with van der Waals surface area (Å²) in [7, 11) is 1.76. The number of alkyl halides is 2. The van der Waals surface area contributed by atoms with Crippen molar-refractivity contribution < 1.29 is 28.2 Å². The second-order valence-electron chi connectivity index (χ2n) is 54.6. The first kappa shape index (κ1) is 112. The van der Waals surface area contributed by atoms with E-state index in [2.05, 4.69) is 473 Å². The Labute approximate surface area is 843 Å². The molecule has 0 radical (unpaired) electrons. The maximum absolute atomic E-state index is 13.0. The fourth-order valence-corrected chi connectivity index (χ4v) is 18.8. The van der Waals surface area contributed by atoms with Crippen molar-refractivity contribution in [3.05, 3.63) is 255 Å². The molecule has 0 amide bonds. The standard InChI is InChI=1S/C19H27NO.C19H27N.C18H25F2N.C18H27NO.C18H25NO.C18H25N.C17H25NO/c1-18(2,3)14-8-7-13-9-17(19(4,5)6)20(16(13)10-14)15-11-21-12-15;1-18(2,3)14-8-7-13-11-17(19(4,5)6)20(15-9-10-15)16(13)12-14;1-17(2,3)13-8-7-12-9-15(18(4,5)6)21(11-16(19)20)14(12)10-13;1-17(2,3)14-9-8-13-10-16(18(4,5)6)19(12-20-7)15(13)11-14;1-12(20)19-15-11-14(17(2,3)4)9-8-13(15)10-16(19)18(5,6)7;1-8-19-15-12-14(17(2,3)4)10-9-13(15)11-16(19)18(5,6)7;1-16(2,3)13-8-7-12-9-15(17(4,5)6)18(11-19)14(12)10-13/h7-10,15H,11-12H2,1-6H3;7-8,11-12,15H,9-10H2,1-6H3;7-10,16H,11H2,1-6H3;8-11H,12H2,1-7H3;8-11H,1-7H3;8-12H,1H2,2-7H3;7-10,19H,11H2,1-6H3. The van der Waals surface area contributed by atoms with Gasteiger partial charge in [0.25, 0.3) is 6.43 Å². The van der Waals surface area contributed by atoms with Crippen LogP contribution in [0, 0.1) is 0 Å². The fraction of sp³-hybridized carbons (Fsp3) is 0.535. The van der Waals surface area contributed by atoms with Gasteiger partial charge in [0, 0.05) is 131 Å². The Kier molecular flexibility index (Phi) is 32.6. The Hall–Kier alpha value is -9.53. The average molecular weight is 1910 g/mol. The lowest BCUT2D eigenvalue weighted by molar-refractivity contribution is -0.0232. The number of hydrogen-bond acceptors (Lipinski definition) is 4. The Balaban J connectivity index is 0.000000168. The highest BCUT2D eigenvalue weighted by molar-refractivity contribution is 5.94. The van der Waals surface area contributed by atoms with Gasteiger partial charge in [-0.3, -0.25) is 9.36 Å². The predicted molar refractivity (Wildman–Crippen MR) is 601 cm³/mol. The highest BCUT2D eigenvalue weighted by atomic mass is 19.3. The minimum absolute atomic E-state index is 0.00994. The lowest BCUT2D eigenvalue weighted by Crippen LogP contribution is -2.33. The van der Waals surface area contributed by atoms with Crippen molar-refractivity contribution in [2.24, 2.45) is 0 Å². The van der Waals surface area contributed by atoms with Gasteiger partial charge in [-0.2, -0.15) is 0 Å². The van der Waals surface area contributed by atoms with Gasteiger partial charge in [-0.1, -0.05) is 382 Å². The van der Waals surface area contributed by atoms with E-state index in [-0.39, 0.29) is 95.0 Å². The van der Waals surface area contributed by atoms with Gasteiger partial charge in [-0.25, -0.2) is 8.78 Å². The smallest absolute Gasteiger partial charge is 0.256 e. The molecule has 140 heavy (non-hydrogen) atoms. The molecule has 7 aromatic carbocycles. The molecule has 0 bridgehead atoms. The predicted octanol–water partition coefficient (Wildman–Crippen LogP) is 35.1. The number of carbonyl (C=O) groups excluding carboxylic acids is 1. The van der Waals surface area contributed by atoms with E-state index in [1.54, 1.807) is 18.6 Å². The number of aromatic nitrogens is 7. The summed E-state index contributed by atoms with van der Waals surface area (Å²) in [5.41, 5.74) is 27.8. The van der Waals surface area contributed by atoms with Gasteiger partial charge in [0.05, 0.1) is 47.9 Å². The molecule has 16 rings (SSSR count). The first-order valence-corrected chi connectivity index (χ1v) is 51.5. The Morgan fingerprint density at radius 3 is 0.843 bits per heavy atom. The van der Waals surface area contributed by atoms with Crippen LogP contribution in [-0.2, 0) is 105 Å². The third kappa shape index (κ3) is 26.3. The van der Waals surface area contributed by atoms with Gasteiger partial charge in [-0.15, -0.1) is 0 Å². The first-order valence-electron chi connectivity index (χ1n) is 51.5. The molecule has 7 aromatic heterocycles. The second kappa shape index (κ2) is 40.6. The van der Waals surface area contributed by atoms with Crippen molar-refractivity contribution in [1.82, 2.24) is 32.0 Å². The number of benzene rings is 7. The summed E-state index contributed by atoms with van der Waals surface area (Å²) >= 11 is 0. The Morgan fingerprint density at radius 2 is 0.571 bits per heavy atom. The van der Waals surface area contributed by atoms with E-state index in [0.717, 1.165) is 58.0 Å². The number of fused-ring (bicyclic) bond motifs is 7. The average Bonchev–Trinajstić information content (AvgIpc) is 1.58. The van der Waals surface area contributed by atoms with E-state index < -0.39 is 6.43 Å². The number of rotatable bonds is 8. The van der Waals surface area contributed by atoms with Crippen LogP contribution in [0.1, 0.15) is 406 Å². The van der Waals surface area contributed by atoms with E-state index in [0.29, 0.717) is 12.8 Å². The number of methoxy groups -OCH3 is 1. The van der Waals surface area contributed by atoms with Crippen LogP contribution < -0.4 is 0 Å². The third-order valence-electron chi connectivity index (χ3n) is 27.6. The third-order valence-corrected chi connectivity index (χ3v) is 27.6. The van der Waals surface area contributed by atoms with Crippen molar-refractivity contribution in [2.45, 2.75) is 425 Å². The zero-order valence-electron chi connectivity index (χ0n) is 95.2. The van der Waals surface area contributed by atoms with Crippen molar-refractivity contribution in [3.63, 3.8) is 0 Å². The van der Waals surface area contributed by atoms with Gasteiger partial charge >= 0.3 is 0 Å². The molecule has 0 unspecified atom stereocenters. The van der Waals surface area contributed by atoms with Gasteiger partial charge in [0.1, 0.15) is 13.5 Å². The van der Waals surface area contributed by atoms with Crippen LogP contribution >= 0.6 is 0 Å². The number of aliphatic hydroxyl groups excluding tert-OH is 1. The molecule has 2 aliphatic rings. The normalized spacial score (nSPS) is 14.3. The summed E-state index contributed by atoms with van der Waals surface area (Å²) in [4.78, 5) is 12.1.